The van der Waals surface area contributed by atoms with Crippen molar-refractivity contribution in [3.05, 3.63) is 0 Å². The molecule has 1 fully saturated rings. The van der Waals surface area contributed by atoms with Crippen LogP contribution in [0.4, 0.5) is 4.79 Å². The number of alkyl carbamates (subject to hydrolysis) is 1. The van der Waals surface area contributed by atoms with Gasteiger partial charge >= 0.3 is 6.09 Å². The maximum Gasteiger partial charge on any atom is 0.408 e. The Bertz CT molecular complexity index is 144. The molecule has 1 unspecified atom stereocenters. The van der Waals surface area contributed by atoms with Crippen LogP contribution in [-0.2, 0) is 4.74 Å². The summed E-state index contributed by atoms with van der Waals surface area (Å²) in [5.41, 5.74) is 0. The van der Waals surface area contributed by atoms with Gasteiger partial charge in [-0.15, -0.1) is 0 Å². The van der Waals surface area contributed by atoms with Crippen LogP contribution in [0.15, 0.2) is 0 Å². The van der Waals surface area contributed by atoms with Gasteiger partial charge in [0.25, 0.3) is 0 Å². The molecular weight excluding hydrogens is 156 g/mol. The highest BCUT2D eigenvalue weighted by Crippen LogP contribution is 2.05. The summed E-state index contributed by atoms with van der Waals surface area (Å²) in [6.07, 6.45) is 2.85. The molecule has 1 aliphatic rings. The SMILES string of the molecule is CCOC(=O)NC1CCCC[N]1. The Labute approximate surface area is 72.7 Å². The van der Waals surface area contributed by atoms with Crippen LogP contribution in [0.1, 0.15) is 26.2 Å². The summed E-state index contributed by atoms with van der Waals surface area (Å²) in [5, 5.41) is 6.93. The smallest absolute Gasteiger partial charge is 0.408 e. The van der Waals surface area contributed by atoms with Crippen LogP contribution in [0.5, 0.6) is 0 Å². The van der Waals surface area contributed by atoms with E-state index in [1.165, 1.54) is 0 Å². The third-order valence-electron chi connectivity index (χ3n) is 1.80. The van der Waals surface area contributed by atoms with Gasteiger partial charge in [0.15, 0.2) is 0 Å². The van der Waals surface area contributed by atoms with E-state index >= 15 is 0 Å². The van der Waals surface area contributed by atoms with Crippen LogP contribution in [-0.4, -0.2) is 25.4 Å². The molecule has 4 nitrogen and oxygen atoms in total. The monoisotopic (exact) mass is 171 g/mol. The van der Waals surface area contributed by atoms with Crippen LogP contribution < -0.4 is 10.6 Å². The average molecular weight is 171 g/mol. The first-order valence-corrected chi connectivity index (χ1v) is 4.43. The quantitative estimate of drug-likeness (QED) is 0.669. The molecule has 1 aliphatic heterocycles. The van der Waals surface area contributed by atoms with Gasteiger partial charge < -0.3 is 10.1 Å². The number of amides is 1. The molecule has 0 aromatic rings. The second-order valence-corrected chi connectivity index (χ2v) is 2.78. The van der Waals surface area contributed by atoms with E-state index in [4.69, 9.17) is 4.74 Å². The fraction of sp³-hybridized carbons (Fsp3) is 0.875. The van der Waals surface area contributed by atoms with Gasteiger partial charge in [0, 0.05) is 6.54 Å². The fourth-order valence-corrected chi connectivity index (χ4v) is 1.21. The summed E-state index contributed by atoms with van der Waals surface area (Å²) >= 11 is 0. The summed E-state index contributed by atoms with van der Waals surface area (Å²) < 4.78 is 4.73. The molecule has 0 spiro atoms. The van der Waals surface area contributed by atoms with E-state index in [2.05, 4.69) is 10.6 Å². The van der Waals surface area contributed by atoms with Crippen LogP contribution in [0.2, 0.25) is 0 Å². The van der Waals surface area contributed by atoms with Crippen molar-refractivity contribution in [3.8, 4) is 0 Å². The van der Waals surface area contributed by atoms with Crippen LogP contribution in [0, 0.1) is 0 Å². The van der Waals surface area contributed by atoms with Crippen molar-refractivity contribution >= 4 is 6.09 Å². The molecule has 0 aliphatic carbocycles. The number of rotatable bonds is 2. The maximum absolute atomic E-state index is 10.9. The average Bonchev–Trinajstić information content (AvgIpc) is 2.06. The number of hydrogen-bond acceptors (Lipinski definition) is 2. The molecule has 1 heterocycles. The first kappa shape index (κ1) is 9.32. The zero-order valence-electron chi connectivity index (χ0n) is 7.38. The second-order valence-electron chi connectivity index (χ2n) is 2.78. The topological polar surface area (TPSA) is 52.4 Å². The molecule has 0 bridgehead atoms. The van der Waals surface area contributed by atoms with Crippen molar-refractivity contribution in [2.45, 2.75) is 32.4 Å². The number of piperidine rings is 1. The Morgan fingerprint density at radius 1 is 1.67 bits per heavy atom. The van der Waals surface area contributed by atoms with Gasteiger partial charge in [0.05, 0.1) is 12.8 Å². The van der Waals surface area contributed by atoms with Gasteiger partial charge in [0.2, 0.25) is 0 Å². The number of carbonyl (C=O) groups is 1. The zero-order valence-corrected chi connectivity index (χ0v) is 7.38. The minimum Gasteiger partial charge on any atom is -0.450 e. The number of nitrogens with zero attached hydrogens (tertiary/aromatic N) is 1. The van der Waals surface area contributed by atoms with E-state index in [0.29, 0.717) is 6.61 Å². The molecule has 1 atom stereocenters. The minimum atomic E-state index is -0.354. The Morgan fingerprint density at radius 2 is 2.50 bits per heavy atom. The van der Waals surface area contributed by atoms with Gasteiger partial charge in [-0.1, -0.05) is 0 Å². The van der Waals surface area contributed by atoms with Gasteiger partial charge in [-0.2, -0.15) is 0 Å². The van der Waals surface area contributed by atoms with Crippen molar-refractivity contribution in [2.24, 2.45) is 0 Å². The number of hydrogen-bond donors (Lipinski definition) is 1. The predicted molar refractivity (Wildman–Crippen MR) is 44.8 cm³/mol. The number of nitrogens with one attached hydrogen (secondary N) is 1. The lowest BCUT2D eigenvalue weighted by atomic mass is 10.1. The lowest BCUT2D eigenvalue weighted by Gasteiger charge is -2.21. The Morgan fingerprint density at radius 3 is 3.08 bits per heavy atom. The van der Waals surface area contributed by atoms with Crippen molar-refractivity contribution in [1.82, 2.24) is 10.6 Å². The van der Waals surface area contributed by atoms with Crippen molar-refractivity contribution in [3.63, 3.8) is 0 Å². The van der Waals surface area contributed by atoms with Gasteiger partial charge in [-0.05, 0) is 26.2 Å². The minimum absolute atomic E-state index is 0.0159. The first-order chi connectivity index (χ1) is 5.83. The molecule has 0 saturated carbocycles. The largest absolute Gasteiger partial charge is 0.450 e. The Balaban J connectivity index is 2.15. The van der Waals surface area contributed by atoms with E-state index in [-0.39, 0.29) is 12.3 Å². The van der Waals surface area contributed by atoms with Crippen LogP contribution in [0.3, 0.4) is 0 Å². The number of carbonyl (C=O) groups excluding carboxylic acids is 1. The lowest BCUT2D eigenvalue weighted by molar-refractivity contribution is 0.143. The van der Waals surface area contributed by atoms with Crippen molar-refractivity contribution in [1.29, 1.82) is 0 Å². The molecule has 0 aromatic heterocycles. The highest BCUT2D eigenvalue weighted by molar-refractivity contribution is 5.67. The first-order valence-electron chi connectivity index (χ1n) is 4.43. The van der Waals surface area contributed by atoms with E-state index in [1.807, 2.05) is 0 Å². The molecule has 69 valence electrons. The second kappa shape index (κ2) is 4.98. The predicted octanol–water partition coefficient (Wildman–Crippen LogP) is 0.847. The van der Waals surface area contributed by atoms with E-state index in [0.717, 1.165) is 25.8 Å². The summed E-state index contributed by atoms with van der Waals surface area (Å²) in [6.45, 7) is 3.06. The Kier molecular flexibility index (Phi) is 3.87. The molecule has 4 heteroatoms. The zero-order chi connectivity index (χ0) is 8.81. The maximum atomic E-state index is 10.9. The normalized spacial score (nSPS) is 23.2. The molecule has 1 amide bonds. The van der Waals surface area contributed by atoms with E-state index in [1.54, 1.807) is 6.92 Å². The summed E-state index contributed by atoms with van der Waals surface area (Å²) in [7, 11) is 0. The highest BCUT2D eigenvalue weighted by Gasteiger charge is 2.15. The summed E-state index contributed by atoms with van der Waals surface area (Å²) in [6, 6.07) is 0. The molecule has 1 N–H and O–H groups in total. The van der Waals surface area contributed by atoms with Crippen LogP contribution >= 0.6 is 0 Å². The van der Waals surface area contributed by atoms with E-state index in [9.17, 15) is 4.79 Å². The molecule has 0 aromatic carbocycles. The molecule has 12 heavy (non-hydrogen) atoms. The fourth-order valence-electron chi connectivity index (χ4n) is 1.21. The molecular formula is C8H15N2O2. The molecule has 1 rings (SSSR count). The van der Waals surface area contributed by atoms with Gasteiger partial charge in [-0.3, -0.25) is 0 Å². The standard InChI is InChI=1S/C8H15N2O2/c1-2-12-8(11)10-7-5-3-4-6-9-7/h7H,2-6H2,1H3,(H,10,11). The number of ether oxygens (including phenoxy) is 1. The third-order valence-corrected chi connectivity index (χ3v) is 1.80. The Hall–Kier alpha value is -0.770. The van der Waals surface area contributed by atoms with Gasteiger partial charge in [0.1, 0.15) is 0 Å². The van der Waals surface area contributed by atoms with Crippen molar-refractivity contribution < 1.29 is 9.53 Å². The third kappa shape index (κ3) is 3.09. The van der Waals surface area contributed by atoms with Gasteiger partial charge in [-0.25, -0.2) is 10.1 Å². The molecule has 1 saturated heterocycles. The molecule has 1 radical (unpaired) electrons. The van der Waals surface area contributed by atoms with Crippen molar-refractivity contribution in [2.75, 3.05) is 13.2 Å². The summed E-state index contributed by atoms with van der Waals surface area (Å²) in [5.74, 6) is 0. The summed E-state index contributed by atoms with van der Waals surface area (Å²) in [4.78, 5) is 10.9. The van der Waals surface area contributed by atoms with Crippen LogP contribution in [0.25, 0.3) is 0 Å². The highest BCUT2D eigenvalue weighted by atomic mass is 16.5. The lowest BCUT2D eigenvalue weighted by Crippen LogP contribution is -2.44. The van der Waals surface area contributed by atoms with E-state index < -0.39 is 0 Å².